The van der Waals surface area contributed by atoms with E-state index in [0.29, 0.717) is 0 Å². The van der Waals surface area contributed by atoms with Crippen molar-refractivity contribution in [1.82, 2.24) is 4.90 Å². The molecule has 0 amide bonds. The molecule has 0 radical (unpaired) electrons. The molecule has 86 valence electrons. The van der Waals surface area contributed by atoms with Gasteiger partial charge in [-0.15, -0.1) is 0 Å². The Kier molecular flexibility index (Phi) is 4.52. The second-order valence-corrected chi connectivity index (χ2v) is 4.97. The molecule has 1 rings (SSSR count). The fourth-order valence-corrected chi connectivity index (χ4v) is 1.50. The van der Waals surface area contributed by atoms with Gasteiger partial charge in [0, 0.05) is 6.54 Å². The summed E-state index contributed by atoms with van der Waals surface area (Å²) in [4.78, 5) is 2.26. The zero-order valence-electron chi connectivity index (χ0n) is 10.4. The van der Waals surface area contributed by atoms with Gasteiger partial charge in [0.05, 0.1) is 11.5 Å². The monoisotopic (exact) mass is 216 g/mol. The number of rotatable bonds is 5. The zero-order valence-corrected chi connectivity index (χ0v) is 10.4. The van der Waals surface area contributed by atoms with Gasteiger partial charge in [0.25, 0.3) is 0 Å². The molecule has 0 aliphatic rings. The fourth-order valence-electron chi connectivity index (χ4n) is 1.50. The third-order valence-corrected chi connectivity index (χ3v) is 2.72. The van der Waals surface area contributed by atoms with Crippen LogP contribution >= 0.6 is 0 Å². The molecular weight excluding hydrogens is 196 g/mol. The molecule has 0 atom stereocenters. The van der Waals surface area contributed by atoms with E-state index in [1.165, 1.54) is 5.56 Å². The Balaban J connectivity index is 2.38. The van der Waals surface area contributed by atoms with Gasteiger partial charge in [-0.25, -0.2) is 0 Å². The second kappa shape index (κ2) is 5.67. The summed E-state index contributed by atoms with van der Waals surface area (Å²) >= 11 is 0. The molecule has 0 heterocycles. The Morgan fingerprint density at radius 3 is 2.44 bits per heavy atom. The second-order valence-electron chi connectivity index (χ2n) is 4.97. The lowest BCUT2D eigenvalue weighted by Crippen LogP contribution is -2.23. The van der Waals surface area contributed by atoms with Gasteiger partial charge >= 0.3 is 0 Å². The van der Waals surface area contributed by atoms with Gasteiger partial charge in [-0.05, 0) is 39.4 Å². The molecule has 0 bridgehead atoms. The molecule has 1 aromatic carbocycles. The highest BCUT2D eigenvalue weighted by atomic mass is 15.1. The molecule has 0 saturated heterocycles. The van der Waals surface area contributed by atoms with Crippen LogP contribution in [0.2, 0.25) is 0 Å². The Morgan fingerprint density at radius 2 is 1.88 bits per heavy atom. The minimum Gasteiger partial charge on any atom is -0.302 e. The summed E-state index contributed by atoms with van der Waals surface area (Å²) < 4.78 is 0. The Bertz CT molecular complexity index is 349. The fraction of sp³-hybridized carbons (Fsp3) is 0.500. The average Bonchev–Trinajstić information content (AvgIpc) is 2.28. The van der Waals surface area contributed by atoms with Crippen LogP contribution in [0.4, 0.5) is 0 Å². The summed E-state index contributed by atoms with van der Waals surface area (Å²) in [5.41, 5.74) is 1.10. The number of nitriles is 1. The highest BCUT2D eigenvalue weighted by Crippen LogP contribution is 2.19. The van der Waals surface area contributed by atoms with E-state index in [4.69, 9.17) is 5.26 Å². The van der Waals surface area contributed by atoms with E-state index in [1.807, 2.05) is 19.9 Å². The molecule has 0 aliphatic heterocycles. The van der Waals surface area contributed by atoms with Crippen LogP contribution in [-0.4, -0.2) is 18.5 Å². The van der Waals surface area contributed by atoms with E-state index in [-0.39, 0.29) is 5.41 Å². The van der Waals surface area contributed by atoms with E-state index in [2.05, 4.69) is 42.3 Å². The smallest absolute Gasteiger partial charge is 0.0684 e. The van der Waals surface area contributed by atoms with Crippen LogP contribution in [0.3, 0.4) is 0 Å². The standard InChI is InChI=1S/C14H20N2/c1-14(2,12-15)9-10-16(3)11-13-7-5-4-6-8-13/h4-8H,9-11H2,1-3H3. The van der Waals surface area contributed by atoms with Gasteiger partial charge in [-0.3, -0.25) is 0 Å². The van der Waals surface area contributed by atoms with Gasteiger partial charge in [0.2, 0.25) is 0 Å². The predicted molar refractivity (Wildman–Crippen MR) is 66.8 cm³/mol. The largest absolute Gasteiger partial charge is 0.302 e. The number of nitrogens with zero attached hydrogens (tertiary/aromatic N) is 2. The topological polar surface area (TPSA) is 27.0 Å². The van der Waals surface area contributed by atoms with Crippen LogP contribution in [0.1, 0.15) is 25.8 Å². The SMILES string of the molecule is CN(CCC(C)(C)C#N)Cc1ccccc1. The molecule has 0 N–H and O–H groups in total. The van der Waals surface area contributed by atoms with E-state index in [9.17, 15) is 0 Å². The first-order chi connectivity index (χ1) is 7.53. The van der Waals surface area contributed by atoms with E-state index in [0.717, 1.165) is 19.5 Å². The van der Waals surface area contributed by atoms with Gasteiger partial charge in [0.15, 0.2) is 0 Å². The maximum absolute atomic E-state index is 8.93. The van der Waals surface area contributed by atoms with Crippen LogP contribution in [0.5, 0.6) is 0 Å². The average molecular weight is 216 g/mol. The number of hydrogen-bond acceptors (Lipinski definition) is 2. The number of hydrogen-bond donors (Lipinski definition) is 0. The molecule has 0 saturated carbocycles. The van der Waals surface area contributed by atoms with Crippen molar-refractivity contribution in [3.05, 3.63) is 35.9 Å². The Labute approximate surface area is 98.5 Å². The van der Waals surface area contributed by atoms with Gasteiger partial charge < -0.3 is 4.90 Å². The third-order valence-electron chi connectivity index (χ3n) is 2.72. The van der Waals surface area contributed by atoms with Crippen molar-refractivity contribution in [3.63, 3.8) is 0 Å². The van der Waals surface area contributed by atoms with Gasteiger partial charge in [-0.2, -0.15) is 5.26 Å². The molecular formula is C14H20N2. The van der Waals surface area contributed by atoms with Crippen LogP contribution in [0, 0.1) is 16.7 Å². The highest BCUT2D eigenvalue weighted by molar-refractivity contribution is 5.14. The summed E-state index contributed by atoms with van der Waals surface area (Å²) in [6, 6.07) is 12.7. The molecule has 1 aromatic rings. The van der Waals surface area contributed by atoms with E-state index in [1.54, 1.807) is 0 Å². The lowest BCUT2D eigenvalue weighted by atomic mass is 9.91. The quantitative estimate of drug-likeness (QED) is 0.756. The van der Waals surface area contributed by atoms with Gasteiger partial charge in [0.1, 0.15) is 0 Å². The first-order valence-electron chi connectivity index (χ1n) is 5.67. The van der Waals surface area contributed by atoms with Crippen LogP contribution in [0.25, 0.3) is 0 Å². The predicted octanol–water partition coefficient (Wildman–Crippen LogP) is 3.06. The highest BCUT2D eigenvalue weighted by Gasteiger charge is 2.16. The molecule has 0 fully saturated rings. The summed E-state index contributed by atoms with van der Waals surface area (Å²) in [7, 11) is 2.10. The normalized spacial score (nSPS) is 11.4. The first kappa shape index (κ1) is 12.7. The maximum atomic E-state index is 8.93. The number of benzene rings is 1. The lowest BCUT2D eigenvalue weighted by molar-refractivity contribution is 0.280. The van der Waals surface area contributed by atoms with E-state index < -0.39 is 0 Å². The Hall–Kier alpha value is -1.33. The lowest BCUT2D eigenvalue weighted by Gasteiger charge is -2.21. The van der Waals surface area contributed by atoms with Crippen LogP contribution in [0.15, 0.2) is 30.3 Å². The molecule has 0 aromatic heterocycles. The van der Waals surface area contributed by atoms with Crippen molar-refractivity contribution in [2.75, 3.05) is 13.6 Å². The van der Waals surface area contributed by atoms with Crippen molar-refractivity contribution in [2.24, 2.45) is 5.41 Å². The van der Waals surface area contributed by atoms with Gasteiger partial charge in [-0.1, -0.05) is 30.3 Å². The summed E-state index contributed by atoms with van der Waals surface area (Å²) in [5, 5.41) is 8.93. The van der Waals surface area contributed by atoms with Crippen molar-refractivity contribution in [1.29, 1.82) is 5.26 Å². The minimum absolute atomic E-state index is 0.217. The molecule has 16 heavy (non-hydrogen) atoms. The van der Waals surface area contributed by atoms with Crippen LogP contribution in [-0.2, 0) is 6.54 Å². The summed E-state index contributed by atoms with van der Waals surface area (Å²) in [6.07, 6.45) is 0.910. The third kappa shape index (κ3) is 4.46. The Morgan fingerprint density at radius 1 is 1.25 bits per heavy atom. The first-order valence-corrected chi connectivity index (χ1v) is 5.67. The molecule has 0 aliphatic carbocycles. The maximum Gasteiger partial charge on any atom is 0.0684 e. The molecule has 2 nitrogen and oxygen atoms in total. The van der Waals surface area contributed by atoms with Crippen molar-refractivity contribution >= 4 is 0 Å². The summed E-state index contributed by atoms with van der Waals surface area (Å²) in [5.74, 6) is 0. The summed E-state index contributed by atoms with van der Waals surface area (Å²) in [6.45, 7) is 5.88. The minimum atomic E-state index is -0.217. The molecule has 0 unspecified atom stereocenters. The van der Waals surface area contributed by atoms with E-state index >= 15 is 0 Å². The van der Waals surface area contributed by atoms with Crippen molar-refractivity contribution in [2.45, 2.75) is 26.8 Å². The van der Waals surface area contributed by atoms with Crippen molar-refractivity contribution < 1.29 is 0 Å². The molecule has 0 spiro atoms. The molecule has 2 heteroatoms. The van der Waals surface area contributed by atoms with Crippen LogP contribution < -0.4 is 0 Å². The van der Waals surface area contributed by atoms with Crippen molar-refractivity contribution in [3.8, 4) is 6.07 Å². The zero-order chi connectivity index (χ0) is 12.0.